The van der Waals surface area contributed by atoms with Crippen molar-refractivity contribution in [2.45, 2.75) is 6.10 Å². The van der Waals surface area contributed by atoms with Gasteiger partial charge in [0.25, 0.3) is 0 Å². The number of halogens is 1. The lowest BCUT2D eigenvalue weighted by Crippen LogP contribution is -2.49. The number of nitrogens with two attached hydrogens (primary N) is 1. The van der Waals surface area contributed by atoms with E-state index in [9.17, 15) is 4.79 Å². The van der Waals surface area contributed by atoms with Crippen molar-refractivity contribution in [2.75, 3.05) is 24.6 Å². The Morgan fingerprint density at radius 1 is 1.56 bits per heavy atom. The van der Waals surface area contributed by atoms with Gasteiger partial charge in [-0.1, -0.05) is 0 Å². The summed E-state index contributed by atoms with van der Waals surface area (Å²) in [4.78, 5) is 21.2. The van der Waals surface area contributed by atoms with Gasteiger partial charge in [-0.05, 0) is 15.9 Å². The van der Waals surface area contributed by atoms with E-state index in [1.807, 2.05) is 4.90 Å². The van der Waals surface area contributed by atoms with Crippen molar-refractivity contribution >= 4 is 27.8 Å². The topological polar surface area (TPSA) is 81.3 Å². The van der Waals surface area contributed by atoms with E-state index in [0.29, 0.717) is 25.6 Å². The largest absolute Gasteiger partial charge is 0.367 e. The predicted octanol–water partition coefficient (Wildman–Crippen LogP) is -0.0704. The lowest BCUT2D eigenvalue weighted by atomic mass is 10.2. The smallest absolute Gasteiger partial charge is 0.248 e. The van der Waals surface area contributed by atoms with Gasteiger partial charge in [0.1, 0.15) is 0 Å². The number of anilines is 1. The zero-order chi connectivity index (χ0) is 11.5. The number of amides is 1. The summed E-state index contributed by atoms with van der Waals surface area (Å²) < 4.78 is 6.05. The second-order valence-electron chi connectivity index (χ2n) is 3.41. The molecule has 1 aliphatic heterocycles. The molecule has 0 aliphatic carbocycles. The van der Waals surface area contributed by atoms with Crippen LogP contribution < -0.4 is 10.6 Å². The molecule has 2 rings (SSSR count). The minimum atomic E-state index is -0.582. The molecule has 1 saturated heterocycles. The quantitative estimate of drug-likeness (QED) is 0.823. The van der Waals surface area contributed by atoms with Gasteiger partial charge in [0.15, 0.2) is 6.10 Å². The van der Waals surface area contributed by atoms with E-state index in [2.05, 4.69) is 25.9 Å². The molecule has 7 heteroatoms. The fraction of sp³-hybridized carbons (Fsp3) is 0.444. The lowest BCUT2D eigenvalue weighted by Gasteiger charge is -2.31. The minimum absolute atomic E-state index is 0.400. The monoisotopic (exact) mass is 286 g/mol. The molecule has 2 N–H and O–H groups in total. The number of morpholine rings is 1. The van der Waals surface area contributed by atoms with Gasteiger partial charge in [0.05, 0.1) is 17.6 Å². The van der Waals surface area contributed by atoms with Crippen molar-refractivity contribution in [3.05, 3.63) is 16.9 Å². The highest BCUT2D eigenvalue weighted by atomic mass is 79.9. The molecule has 86 valence electrons. The average molecular weight is 287 g/mol. The first kappa shape index (κ1) is 11.3. The van der Waals surface area contributed by atoms with Crippen LogP contribution in [0.2, 0.25) is 0 Å². The Bertz CT molecular complexity index is 384. The van der Waals surface area contributed by atoms with Crippen molar-refractivity contribution in [2.24, 2.45) is 5.73 Å². The summed E-state index contributed by atoms with van der Waals surface area (Å²) in [6.45, 7) is 1.51. The second-order valence-corrected chi connectivity index (χ2v) is 4.32. The van der Waals surface area contributed by atoms with Crippen LogP contribution in [0.4, 0.5) is 5.95 Å². The van der Waals surface area contributed by atoms with Crippen LogP contribution in [0.5, 0.6) is 0 Å². The molecule has 1 aromatic rings. The summed E-state index contributed by atoms with van der Waals surface area (Å²) in [6.07, 6.45) is 2.75. The first-order chi connectivity index (χ1) is 7.66. The zero-order valence-corrected chi connectivity index (χ0v) is 10.1. The maximum absolute atomic E-state index is 11.0. The minimum Gasteiger partial charge on any atom is -0.367 e. The van der Waals surface area contributed by atoms with Gasteiger partial charge >= 0.3 is 0 Å². The number of carbonyl (C=O) groups is 1. The van der Waals surface area contributed by atoms with E-state index in [1.54, 1.807) is 12.4 Å². The van der Waals surface area contributed by atoms with Crippen LogP contribution >= 0.6 is 15.9 Å². The van der Waals surface area contributed by atoms with E-state index in [-0.39, 0.29) is 0 Å². The second kappa shape index (κ2) is 4.75. The molecule has 0 spiro atoms. The molecule has 2 heterocycles. The predicted molar refractivity (Wildman–Crippen MR) is 60.9 cm³/mol. The normalized spacial score (nSPS) is 20.8. The van der Waals surface area contributed by atoms with Crippen molar-refractivity contribution < 1.29 is 9.53 Å². The standard InChI is InChI=1S/C9H11BrN4O2/c10-6-3-12-9(13-4-6)14-1-2-16-7(5-14)8(11)15/h3-4,7H,1-2,5H2,(H2,11,15)/t7-/m0/s1. The molecule has 0 bridgehead atoms. The van der Waals surface area contributed by atoms with E-state index >= 15 is 0 Å². The van der Waals surface area contributed by atoms with Gasteiger partial charge in [-0.2, -0.15) is 0 Å². The van der Waals surface area contributed by atoms with Gasteiger partial charge in [-0.25, -0.2) is 9.97 Å². The first-order valence-corrected chi connectivity index (χ1v) is 5.59. The highest BCUT2D eigenvalue weighted by molar-refractivity contribution is 9.10. The van der Waals surface area contributed by atoms with Crippen LogP contribution in [0.3, 0.4) is 0 Å². The fourth-order valence-electron chi connectivity index (χ4n) is 1.47. The molecule has 1 amide bonds. The Morgan fingerprint density at radius 3 is 2.88 bits per heavy atom. The Hall–Kier alpha value is -1.21. The summed E-state index contributed by atoms with van der Waals surface area (Å²) >= 11 is 3.26. The van der Waals surface area contributed by atoms with E-state index in [0.717, 1.165) is 4.47 Å². The van der Waals surface area contributed by atoms with Crippen LogP contribution in [-0.2, 0) is 9.53 Å². The van der Waals surface area contributed by atoms with Gasteiger partial charge in [0, 0.05) is 18.9 Å². The lowest BCUT2D eigenvalue weighted by molar-refractivity contribution is -0.130. The molecule has 1 fully saturated rings. The third-order valence-electron chi connectivity index (χ3n) is 2.27. The molecular weight excluding hydrogens is 276 g/mol. The van der Waals surface area contributed by atoms with Crippen molar-refractivity contribution in [3.8, 4) is 0 Å². The van der Waals surface area contributed by atoms with Crippen molar-refractivity contribution in [1.82, 2.24) is 9.97 Å². The van der Waals surface area contributed by atoms with Gasteiger partial charge < -0.3 is 15.4 Å². The summed E-state index contributed by atoms with van der Waals surface area (Å²) in [7, 11) is 0. The van der Waals surface area contributed by atoms with E-state index < -0.39 is 12.0 Å². The summed E-state index contributed by atoms with van der Waals surface area (Å²) in [6, 6.07) is 0. The van der Waals surface area contributed by atoms with Gasteiger partial charge in [-0.3, -0.25) is 4.79 Å². The number of rotatable bonds is 2. The third-order valence-corrected chi connectivity index (χ3v) is 2.68. The Balaban J connectivity index is 2.09. The summed E-state index contributed by atoms with van der Waals surface area (Å²) in [5.41, 5.74) is 5.19. The highest BCUT2D eigenvalue weighted by Gasteiger charge is 2.25. The van der Waals surface area contributed by atoms with Crippen LogP contribution in [0.25, 0.3) is 0 Å². The first-order valence-electron chi connectivity index (χ1n) is 4.80. The number of ether oxygens (including phenoxy) is 1. The molecule has 0 aromatic carbocycles. The number of aromatic nitrogens is 2. The number of nitrogens with zero attached hydrogens (tertiary/aromatic N) is 3. The van der Waals surface area contributed by atoms with Crippen molar-refractivity contribution in [1.29, 1.82) is 0 Å². The molecule has 1 atom stereocenters. The molecule has 0 saturated carbocycles. The highest BCUT2D eigenvalue weighted by Crippen LogP contribution is 2.14. The number of carbonyl (C=O) groups excluding carboxylic acids is 1. The maximum Gasteiger partial charge on any atom is 0.248 e. The molecule has 6 nitrogen and oxygen atoms in total. The van der Waals surface area contributed by atoms with E-state index in [1.165, 1.54) is 0 Å². The summed E-state index contributed by atoms with van der Waals surface area (Å²) in [5, 5.41) is 0. The Morgan fingerprint density at radius 2 is 2.25 bits per heavy atom. The zero-order valence-electron chi connectivity index (χ0n) is 8.47. The van der Waals surface area contributed by atoms with E-state index in [4.69, 9.17) is 10.5 Å². The maximum atomic E-state index is 11.0. The summed E-state index contributed by atoms with van der Waals surface area (Å²) in [5.74, 6) is 0.125. The van der Waals surface area contributed by atoms with Gasteiger partial charge in [0.2, 0.25) is 11.9 Å². The number of hydrogen-bond acceptors (Lipinski definition) is 5. The average Bonchev–Trinajstić information content (AvgIpc) is 2.30. The Labute approximate surface area is 101 Å². The fourth-order valence-corrected chi connectivity index (χ4v) is 1.68. The third kappa shape index (κ3) is 2.48. The number of primary amides is 1. The van der Waals surface area contributed by atoms with Crippen molar-refractivity contribution in [3.63, 3.8) is 0 Å². The SMILES string of the molecule is NC(=O)[C@@H]1CN(c2ncc(Br)cn2)CCO1. The van der Waals surface area contributed by atoms with Gasteiger partial charge in [-0.15, -0.1) is 0 Å². The molecule has 16 heavy (non-hydrogen) atoms. The van der Waals surface area contributed by atoms with Crippen LogP contribution in [0, 0.1) is 0 Å². The van der Waals surface area contributed by atoms with Crippen LogP contribution in [0.15, 0.2) is 16.9 Å². The Kier molecular flexibility index (Phi) is 3.35. The molecule has 0 radical (unpaired) electrons. The molecule has 0 unspecified atom stereocenters. The van der Waals surface area contributed by atoms with Crippen LogP contribution in [-0.4, -0.2) is 41.7 Å². The molecule has 1 aliphatic rings. The van der Waals surface area contributed by atoms with Crippen LogP contribution in [0.1, 0.15) is 0 Å². The molecular formula is C9H11BrN4O2. The number of hydrogen-bond donors (Lipinski definition) is 1. The molecule has 1 aromatic heterocycles.